The average Bonchev–Trinajstić information content (AvgIpc) is 3.31. The number of imidazole rings is 1. The lowest BCUT2D eigenvalue weighted by molar-refractivity contribution is 0.0697. The molecule has 0 atom stereocenters. The summed E-state index contributed by atoms with van der Waals surface area (Å²) in [5.41, 5.74) is 5.53. The summed E-state index contributed by atoms with van der Waals surface area (Å²) in [6.45, 7) is 5.98. The lowest BCUT2D eigenvalue weighted by Crippen LogP contribution is -2.33. The number of likely N-dealkylation sites (tertiary alicyclic amines) is 1. The van der Waals surface area contributed by atoms with Crippen LogP contribution in [0.5, 0.6) is 5.88 Å². The molecule has 0 spiro atoms. The summed E-state index contributed by atoms with van der Waals surface area (Å²) in [6, 6.07) is 18.9. The van der Waals surface area contributed by atoms with Crippen molar-refractivity contribution in [1.82, 2.24) is 19.4 Å². The maximum absolute atomic E-state index is 11.5. The Kier molecular flexibility index (Phi) is 8.39. The Morgan fingerprint density at radius 2 is 1.95 bits per heavy atom. The number of carboxylic acid groups (broad SMARTS) is 1. The number of pyridine rings is 1. The number of rotatable bonds is 10. The molecule has 9 nitrogen and oxygen atoms in total. The first-order valence-electron chi connectivity index (χ1n) is 13.5. The summed E-state index contributed by atoms with van der Waals surface area (Å²) in [6.07, 6.45) is 1.96. The molecule has 2 aromatic carbocycles. The predicted octanol–water partition coefficient (Wildman–Crippen LogP) is 4.91. The first-order valence-corrected chi connectivity index (χ1v) is 13.5. The number of ether oxygens (including phenoxy) is 2. The number of carbonyl (C=O) groups is 1. The Hall–Kier alpha value is -4.26. The van der Waals surface area contributed by atoms with Gasteiger partial charge in [0.25, 0.3) is 0 Å². The van der Waals surface area contributed by atoms with Crippen LogP contribution >= 0.6 is 0 Å². The summed E-state index contributed by atoms with van der Waals surface area (Å²) in [5.74, 6) is 0.925. The van der Waals surface area contributed by atoms with Gasteiger partial charge in [0.05, 0.1) is 41.4 Å². The Morgan fingerprint density at radius 1 is 1.12 bits per heavy atom. The van der Waals surface area contributed by atoms with E-state index in [4.69, 9.17) is 24.7 Å². The Labute approximate surface area is 233 Å². The lowest BCUT2D eigenvalue weighted by atomic mass is 9.93. The fourth-order valence-corrected chi connectivity index (χ4v) is 5.28. The quantitative estimate of drug-likeness (QED) is 0.302. The molecule has 2 aromatic heterocycles. The highest BCUT2D eigenvalue weighted by Gasteiger charge is 2.24. The van der Waals surface area contributed by atoms with Gasteiger partial charge in [0.1, 0.15) is 12.4 Å². The highest BCUT2D eigenvalue weighted by molar-refractivity contribution is 5.92. The first-order chi connectivity index (χ1) is 19.4. The minimum absolute atomic E-state index is 0.254. The van der Waals surface area contributed by atoms with Gasteiger partial charge in [0, 0.05) is 31.3 Å². The molecule has 4 aromatic rings. The van der Waals surface area contributed by atoms with E-state index in [1.54, 1.807) is 25.3 Å². The van der Waals surface area contributed by atoms with Crippen LogP contribution in [0.4, 0.5) is 0 Å². The molecule has 0 aliphatic carbocycles. The van der Waals surface area contributed by atoms with Gasteiger partial charge in [0.15, 0.2) is 0 Å². The molecule has 0 radical (unpaired) electrons. The fourth-order valence-electron chi connectivity index (χ4n) is 5.28. The number of benzene rings is 2. The molecule has 1 N–H and O–H groups in total. The highest BCUT2D eigenvalue weighted by Crippen LogP contribution is 2.29. The third kappa shape index (κ3) is 6.14. The molecule has 5 rings (SSSR count). The van der Waals surface area contributed by atoms with Crippen molar-refractivity contribution in [2.24, 2.45) is 0 Å². The second-order valence-electron chi connectivity index (χ2n) is 10.2. The van der Waals surface area contributed by atoms with Gasteiger partial charge in [-0.15, -0.1) is 0 Å². The van der Waals surface area contributed by atoms with Crippen molar-refractivity contribution in [2.75, 3.05) is 26.8 Å². The number of carboxylic acids is 1. The molecule has 0 amide bonds. The minimum Gasteiger partial charge on any atom is -0.478 e. The van der Waals surface area contributed by atoms with E-state index >= 15 is 0 Å². The average molecular weight is 540 g/mol. The molecular formula is C31H33N5O4. The van der Waals surface area contributed by atoms with E-state index in [0.29, 0.717) is 43.7 Å². The smallest absolute Gasteiger partial charge is 0.335 e. The number of nitrogens with zero attached hydrogens (tertiary/aromatic N) is 5. The fraction of sp³-hybridized carbons (Fsp3) is 0.355. The summed E-state index contributed by atoms with van der Waals surface area (Å²) >= 11 is 0. The summed E-state index contributed by atoms with van der Waals surface area (Å²) < 4.78 is 13.4. The Morgan fingerprint density at radius 3 is 2.67 bits per heavy atom. The molecule has 3 heterocycles. The minimum atomic E-state index is -0.947. The van der Waals surface area contributed by atoms with Gasteiger partial charge < -0.3 is 19.1 Å². The van der Waals surface area contributed by atoms with E-state index in [-0.39, 0.29) is 5.56 Å². The number of fused-ring (bicyclic) bond motifs is 1. The third-order valence-electron chi connectivity index (χ3n) is 7.51. The topological polar surface area (TPSA) is 114 Å². The SMILES string of the molecule is COCCn1c(CN2CCC(c3cccc(OCc4ccc(C#N)c(C)c4)n3)CC2)nc2ccc(C(=O)O)cc21. The van der Waals surface area contributed by atoms with Gasteiger partial charge in [-0.1, -0.05) is 18.2 Å². The van der Waals surface area contributed by atoms with Gasteiger partial charge in [-0.05, 0) is 74.3 Å². The van der Waals surface area contributed by atoms with Gasteiger partial charge in [-0.2, -0.15) is 5.26 Å². The van der Waals surface area contributed by atoms with Gasteiger partial charge in [0.2, 0.25) is 5.88 Å². The van der Waals surface area contributed by atoms with Crippen molar-refractivity contribution in [1.29, 1.82) is 5.26 Å². The molecule has 40 heavy (non-hydrogen) atoms. The molecule has 9 heteroatoms. The van der Waals surface area contributed by atoms with Crippen LogP contribution < -0.4 is 4.74 Å². The van der Waals surface area contributed by atoms with Crippen LogP contribution in [-0.2, 0) is 24.4 Å². The molecule has 1 aliphatic heterocycles. The lowest BCUT2D eigenvalue weighted by Gasteiger charge is -2.31. The first kappa shape index (κ1) is 27.3. The van der Waals surface area contributed by atoms with Crippen LogP contribution in [0, 0.1) is 18.3 Å². The van der Waals surface area contributed by atoms with Crippen LogP contribution in [-0.4, -0.2) is 57.3 Å². The molecule has 1 aliphatic rings. The standard InChI is InChI=1S/C31H33N5O4/c1-21-16-22(6-7-25(21)18-32)20-40-30-5-3-4-26(34-30)23-10-12-35(13-11-23)19-29-33-27-9-8-24(31(37)38)17-28(27)36(29)14-15-39-2/h3-9,16-17,23H,10-15,19-20H2,1-2H3,(H,37,38). The maximum Gasteiger partial charge on any atom is 0.335 e. The third-order valence-corrected chi connectivity index (χ3v) is 7.51. The van der Waals surface area contributed by atoms with E-state index in [9.17, 15) is 9.90 Å². The van der Waals surface area contributed by atoms with Crippen LogP contribution in [0.1, 0.15) is 57.3 Å². The van der Waals surface area contributed by atoms with Gasteiger partial charge >= 0.3 is 5.97 Å². The van der Waals surface area contributed by atoms with Crippen molar-refractivity contribution in [3.05, 3.63) is 88.4 Å². The van der Waals surface area contributed by atoms with E-state index in [0.717, 1.165) is 59.6 Å². The number of hydrogen-bond acceptors (Lipinski definition) is 7. The molecule has 1 saturated heterocycles. The summed E-state index contributed by atoms with van der Waals surface area (Å²) in [4.78, 5) is 23.5. The summed E-state index contributed by atoms with van der Waals surface area (Å²) in [5, 5.41) is 18.6. The van der Waals surface area contributed by atoms with E-state index in [1.165, 1.54) is 0 Å². The van der Waals surface area contributed by atoms with E-state index in [2.05, 4.69) is 21.6 Å². The monoisotopic (exact) mass is 539 g/mol. The van der Waals surface area contributed by atoms with Crippen LogP contribution in [0.15, 0.2) is 54.6 Å². The zero-order chi connectivity index (χ0) is 28.1. The van der Waals surface area contributed by atoms with Crippen molar-refractivity contribution in [2.45, 2.75) is 45.4 Å². The van der Waals surface area contributed by atoms with Crippen LogP contribution in [0.3, 0.4) is 0 Å². The number of aryl methyl sites for hydroxylation is 1. The Bertz CT molecular complexity index is 1550. The van der Waals surface area contributed by atoms with Crippen molar-refractivity contribution in [3.63, 3.8) is 0 Å². The van der Waals surface area contributed by atoms with Gasteiger partial charge in [-0.25, -0.2) is 14.8 Å². The largest absolute Gasteiger partial charge is 0.478 e. The second-order valence-corrected chi connectivity index (χ2v) is 10.2. The highest BCUT2D eigenvalue weighted by atomic mass is 16.5. The number of piperidine rings is 1. The second kappa shape index (κ2) is 12.3. The number of hydrogen-bond donors (Lipinski definition) is 1. The van der Waals surface area contributed by atoms with Crippen LogP contribution in [0.25, 0.3) is 11.0 Å². The molecule has 0 unspecified atom stereocenters. The molecule has 0 saturated carbocycles. The predicted molar refractivity (Wildman–Crippen MR) is 150 cm³/mol. The number of methoxy groups -OCH3 is 1. The zero-order valence-electron chi connectivity index (χ0n) is 22.8. The van der Waals surface area contributed by atoms with Crippen molar-refractivity contribution in [3.8, 4) is 11.9 Å². The summed E-state index contributed by atoms with van der Waals surface area (Å²) in [7, 11) is 1.66. The molecule has 206 valence electrons. The number of nitriles is 1. The van der Waals surface area contributed by atoms with Gasteiger partial charge in [-0.3, -0.25) is 4.90 Å². The van der Waals surface area contributed by atoms with Crippen LogP contribution in [0.2, 0.25) is 0 Å². The zero-order valence-corrected chi connectivity index (χ0v) is 22.8. The molecular weight excluding hydrogens is 506 g/mol. The van der Waals surface area contributed by atoms with E-state index < -0.39 is 5.97 Å². The Balaban J connectivity index is 1.22. The molecule has 0 bridgehead atoms. The molecule has 1 fully saturated rings. The number of aromatic carboxylic acids is 1. The normalized spacial score (nSPS) is 14.3. The maximum atomic E-state index is 11.5. The van der Waals surface area contributed by atoms with E-state index in [1.807, 2.05) is 37.3 Å². The number of aromatic nitrogens is 3. The van der Waals surface area contributed by atoms with Crippen molar-refractivity contribution >= 4 is 17.0 Å². The van der Waals surface area contributed by atoms with Crippen molar-refractivity contribution < 1.29 is 19.4 Å².